The van der Waals surface area contributed by atoms with E-state index in [-0.39, 0.29) is 53.3 Å². The molecule has 0 bridgehead atoms. The van der Waals surface area contributed by atoms with Crippen LogP contribution in [0.4, 0.5) is 23.2 Å². The van der Waals surface area contributed by atoms with Gasteiger partial charge >= 0.3 is 0 Å². The molecule has 7 heterocycles. The van der Waals surface area contributed by atoms with E-state index in [9.17, 15) is 32.8 Å². The Balaban J connectivity index is 0.753. The van der Waals surface area contributed by atoms with Crippen molar-refractivity contribution in [3.63, 3.8) is 0 Å². The summed E-state index contributed by atoms with van der Waals surface area (Å²) in [5.74, 6) is -3.66. The second-order valence-electron chi connectivity index (χ2n) is 17.9. The third-order valence-electron chi connectivity index (χ3n) is 14.1. The van der Waals surface area contributed by atoms with Crippen molar-refractivity contribution in [1.29, 1.82) is 0 Å². The number of halogens is 4. The monoisotopic (exact) mass is 853 g/mol. The highest BCUT2D eigenvalue weighted by Crippen LogP contribution is 2.44. The molecular weight excluding hydrogens is 807 g/mol. The van der Waals surface area contributed by atoms with E-state index in [2.05, 4.69) is 15.2 Å². The van der Waals surface area contributed by atoms with E-state index in [1.807, 2.05) is 36.1 Å². The maximum Gasteiger partial charge on any atom is 0.262 e. The number of anilines is 1. The van der Waals surface area contributed by atoms with Crippen LogP contribution in [0.25, 0.3) is 10.9 Å². The summed E-state index contributed by atoms with van der Waals surface area (Å²) >= 11 is 0. The van der Waals surface area contributed by atoms with Crippen molar-refractivity contribution >= 4 is 46.1 Å². The number of imide groups is 2. The Morgan fingerprint density at radius 3 is 2.21 bits per heavy atom. The van der Waals surface area contributed by atoms with Crippen molar-refractivity contribution in [3.05, 3.63) is 99.2 Å². The summed E-state index contributed by atoms with van der Waals surface area (Å²) in [6, 6.07) is 11.1. The van der Waals surface area contributed by atoms with Crippen LogP contribution in [0.3, 0.4) is 0 Å². The first kappa shape index (κ1) is 40.5. The number of aromatic amines is 1. The van der Waals surface area contributed by atoms with Crippen LogP contribution in [0.5, 0.6) is 0 Å². The average Bonchev–Trinajstić information content (AvgIpc) is 4.02. The number of aromatic nitrogens is 1. The van der Waals surface area contributed by atoms with Crippen LogP contribution in [-0.2, 0) is 33.9 Å². The quantitative estimate of drug-likeness (QED) is 0.175. The minimum atomic E-state index is -2.68. The zero-order chi connectivity index (χ0) is 43.1. The highest BCUT2D eigenvalue weighted by molar-refractivity contribution is 6.23. The van der Waals surface area contributed by atoms with Crippen molar-refractivity contribution in [2.45, 2.75) is 83.1 Å². The number of nitrogens with zero attached hydrogens (tertiary/aromatic N) is 5. The minimum absolute atomic E-state index is 0.0316. The fourth-order valence-electron chi connectivity index (χ4n) is 11.0. The summed E-state index contributed by atoms with van der Waals surface area (Å²) in [6.07, 6.45) is 0.103. The molecule has 2 N–H and O–H groups in total. The number of nitrogens with one attached hydrogen (secondary N) is 2. The molecule has 2 unspecified atom stereocenters. The standard InChI is InChI=1S/C46H47F4N7O5/c1-24-14-31-30-4-2-3-5-36(30)51-41(31)42(56(24)23-38(49)50)40-34(47)17-29(18-35(40)48)54-13-8-25(20-54)19-53-11-9-26(10-12-53)44(60)55-21-27-15-32-33(16-28(27)22-55)46(62)57(45(32)61)37-6-7-39(58)52-43(37)59/h2-5,15-18,24-26,37-38,42,51H,6-14,19-23H2,1H3,(H,52,58,59)/t24-,25?,37?,42-/m1/s1. The molecule has 3 fully saturated rings. The van der Waals surface area contributed by atoms with Gasteiger partial charge in [-0.1, -0.05) is 18.2 Å². The zero-order valence-corrected chi connectivity index (χ0v) is 34.3. The summed E-state index contributed by atoms with van der Waals surface area (Å²) in [6.45, 7) is 5.31. The van der Waals surface area contributed by atoms with Gasteiger partial charge in [0.05, 0.1) is 23.7 Å². The molecule has 10 rings (SSSR count). The highest BCUT2D eigenvalue weighted by Gasteiger charge is 2.46. The molecule has 5 amide bonds. The summed E-state index contributed by atoms with van der Waals surface area (Å²) in [5, 5.41) is 3.13. The van der Waals surface area contributed by atoms with Gasteiger partial charge in [-0.25, -0.2) is 17.6 Å². The van der Waals surface area contributed by atoms with Crippen LogP contribution in [0.1, 0.15) is 93.7 Å². The molecule has 6 aliphatic rings. The third-order valence-corrected chi connectivity index (χ3v) is 14.1. The van der Waals surface area contributed by atoms with E-state index < -0.39 is 60.3 Å². The maximum atomic E-state index is 16.3. The Kier molecular flexibility index (Phi) is 10.2. The number of alkyl halides is 2. The van der Waals surface area contributed by atoms with Crippen molar-refractivity contribution < 1.29 is 41.5 Å². The second-order valence-corrected chi connectivity index (χ2v) is 17.9. The van der Waals surface area contributed by atoms with Gasteiger partial charge in [0, 0.05) is 79.0 Å². The van der Waals surface area contributed by atoms with Crippen molar-refractivity contribution in [1.82, 2.24) is 29.9 Å². The van der Waals surface area contributed by atoms with Gasteiger partial charge in [0.25, 0.3) is 18.2 Å². The number of benzene rings is 3. The van der Waals surface area contributed by atoms with Crippen LogP contribution in [0, 0.1) is 23.5 Å². The number of likely N-dealkylation sites (tertiary alicyclic amines) is 1. The van der Waals surface area contributed by atoms with Crippen LogP contribution in [-0.4, -0.2) is 112 Å². The predicted molar refractivity (Wildman–Crippen MR) is 219 cm³/mol. The first-order valence-corrected chi connectivity index (χ1v) is 21.6. The summed E-state index contributed by atoms with van der Waals surface area (Å²) in [7, 11) is 0. The number of hydrogen-bond donors (Lipinski definition) is 2. The molecule has 12 nitrogen and oxygen atoms in total. The predicted octanol–water partition coefficient (Wildman–Crippen LogP) is 5.53. The molecule has 16 heteroatoms. The van der Waals surface area contributed by atoms with Gasteiger partial charge in [-0.05, 0) is 105 Å². The molecule has 1 aromatic heterocycles. The van der Waals surface area contributed by atoms with Crippen molar-refractivity contribution in [2.24, 2.45) is 11.8 Å². The second kappa shape index (κ2) is 15.6. The number of fused-ring (bicyclic) bond motifs is 5. The largest absolute Gasteiger partial charge is 0.371 e. The Labute approximate surface area is 355 Å². The van der Waals surface area contributed by atoms with Crippen LogP contribution >= 0.6 is 0 Å². The molecule has 0 spiro atoms. The summed E-state index contributed by atoms with van der Waals surface area (Å²) < 4.78 is 60.4. The Morgan fingerprint density at radius 2 is 1.55 bits per heavy atom. The van der Waals surface area contributed by atoms with Gasteiger partial charge < -0.3 is 19.7 Å². The van der Waals surface area contributed by atoms with Crippen molar-refractivity contribution in [3.8, 4) is 0 Å². The first-order chi connectivity index (χ1) is 29.8. The number of rotatable bonds is 8. The summed E-state index contributed by atoms with van der Waals surface area (Å²) in [4.78, 5) is 76.4. The normalized spacial score (nSPS) is 24.7. The van der Waals surface area contributed by atoms with Crippen molar-refractivity contribution in [2.75, 3.05) is 44.2 Å². The topological polar surface area (TPSA) is 129 Å². The molecular formula is C46H47F4N7O5. The van der Waals surface area contributed by atoms with E-state index in [0.29, 0.717) is 56.8 Å². The van der Waals surface area contributed by atoms with Gasteiger partial charge in [0.15, 0.2) is 0 Å². The number of amides is 5. The number of para-hydroxylation sites is 1. The lowest BCUT2D eigenvalue weighted by atomic mass is 9.88. The molecule has 62 heavy (non-hydrogen) atoms. The molecule has 4 atom stereocenters. The van der Waals surface area contributed by atoms with Crippen LogP contribution < -0.4 is 10.2 Å². The Morgan fingerprint density at radius 1 is 0.871 bits per heavy atom. The number of H-pyrrole nitrogens is 1. The summed E-state index contributed by atoms with van der Waals surface area (Å²) in [5.41, 5.74) is 4.44. The highest BCUT2D eigenvalue weighted by atomic mass is 19.3. The lowest BCUT2D eigenvalue weighted by molar-refractivity contribution is -0.138. The fraction of sp³-hybridized carbons (Fsp3) is 0.457. The van der Waals surface area contributed by atoms with E-state index >= 15 is 8.78 Å². The molecule has 324 valence electrons. The molecule has 0 aliphatic carbocycles. The third kappa shape index (κ3) is 6.95. The van der Waals surface area contributed by atoms with Gasteiger partial charge in [-0.2, -0.15) is 0 Å². The van der Waals surface area contributed by atoms with E-state index in [1.54, 1.807) is 17.0 Å². The Bertz CT molecular complexity index is 2470. The molecule has 3 saturated heterocycles. The minimum Gasteiger partial charge on any atom is -0.371 e. The van der Waals surface area contributed by atoms with Gasteiger partial charge in [-0.3, -0.25) is 39.1 Å². The maximum absolute atomic E-state index is 16.3. The van der Waals surface area contributed by atoms with Crippen LogP contribution in [0.15, 0.2) is 48.5 Å². The SMILES string of the molecule is C[C@@H]1Cc2c([nH]c3ccccc23)[C@@H](c2c(F)cc(N3CCC(CN4CCC(C(=O)N5Cc6cc7c(cc6C5)C(=O)N(C5CCC(=O)NC5=O)C7=O)CC4)C3)cc2F)N1CC(F)F. The van der Waals surface area contributed by atoms with Crippen LogP contribution in [0.2, 0.25) is 0 Å². The molecule has 0 radical (unpaired) electrons. The van der Waals surface area contributed by atoms with E-state index in [4.69, 9.17) is 0 Å². The molecule has 3 aromatic carbocycles. The number of hydrogen-bond acceptors (Lipinski definition) is 8. The lowest BCUT2D eigenvalue weighted by Gasteiger charge is -2.41. The number of carbonyl (C=O) groups is 5. The molecule has 4 aromatic rings. The van der Waals surface area contributed by atoms with E-state index in [0.717, 1.165) is 58.5 Å². The lowest BCUT2D eigenvalue weighted by Crippen LogP contribution is -2.54. The zero-order valence-electron chi connectivity index (χ0n) is 34.3. The first-order valence-electron chi connectivity index (χ1n) is 21.6. The van der Waals surface area contributed by atoms with Gasteiger partial charge in [0.1, 0.15) is 17.7 Å². The number of carbonyl (C=O) groups excluding carboxylic acids is 5. The molecule has 6 aliphatic heterocycles. The van der Waals surface area contributed by atoms with E-state index in [1.165, 1.54) is 17.0 Å². The van der Waals surface area contributed by atoms with Gasteiger partial charge in [0.2, 0.25) is 17.7 Å². The smallest absolute Gasteiger partial charge is 0.262 e. The van der Waals surface area contributed by atoms with Gasteiger partial charge in [-0.15, -0.1) is 0 Å². The fourth-order valence-corrected chi connectivity index (χ4v) is 11.0. The average molecular weight is 854 g/mol. The molecule has 0 saturated carbocycles. The number of piperidine rings is 2. The Hall–Kier alpha value is -5.61.